The topological polar surface area (TPSA) is 49.3 Å². The van der Waals surface area contributed by atoms with Gasteiger partial charge in [0.15, 0.2) is 0 Å². The predicted octanol–water partition coefficient (Wildman–Crippen LogP) is 2.95. The summed E-state index contributed by atoms with van der Waals surface area (Å²) in [5.74, 6) is 1.27. The van der Waals surface area contributed by atoms with E-state index in [1.165, 1.54) is 4.88 Å². The normalized spacial score (nSPS) is 20.8. The Labute approximate surface area is 146 Å². The van der Waals surface area contributed by atoms with Crippen molar-refractivity contribution >= 4 is 23.1 Å². The number of carbonyl (C=O) groups is 1. The lowest BCUT2D eigenvalue weighted by Gasteiger charge is -2.35. The van der Waals surface area contributed by atoms with Crippen LogP contribution in [-0.4, -0.2) is 39.9 Å². The van der Waals surface area contributed by atoms with E-state index >= 15 is 0 Å². The van der Waals surface area contributed by atoms with Gasteiger partial charge in [-0.2, -0.15) is 0 Å². The molecule has 0 unspecified atom stereocenters. The molecule has 0 bridgehead atoms. The maximum atomic E-state index is 13.2. The number of amides is 1. The van der Waals surface area contributed by atoms with Gasteiger partial charge in [-0.1, -0.05) is 6.07 Å². The molecule has 2 fully saturated rings. The average molecular weight is 342 g/mol. The zero-order chi connectivity index (χ0) is 16.4. The summed E-state index contributed by atoms with van der Waals surface area (Å²) < 4.78 is 0. The molecule has 126 valence electrons. The van der Waals surface area contributed by atoms with Gasteiger partial charge in [0.1, 0.15) is 5.82 Å². The van der Waals surface area contributed by atoms with Gasteiger partial charge in [0.05, 0.1) is 18.7 Å². The number of thiophene rings is 1. The van der Waals surface area contributed by atoms with Crippen LogP contribution in [0.1, 0.15) is 30.6 Å². The number of carbonyl (C=O) groups excluding carboxylic acids is 1. The van der Waals surface area contributed by atoms with Gasteiger partial charge in [0.25, 0.3) is 0 Å². The number of anilines is 1. The molecule has 1 saturated carbocycles. The highest BCUT2D eigenvalue weighted by molar-refractivity contribution is 7.09. The zero-order valence-electron chi connectivity index (χ0n) is 13.7. The Morgan fingerprint density at radius 3 is 2.96 bits per heavy atom. The van der Waals surface area contributed by atoms with Crippen LogP contribution in [0.5, 0.6) is 0 Å². The van der Waals surface area contributed by atoms with Crippen LogP contribution in [0, 0.1) is 5.92 Å². The van der Waals surface area contributed by atoms with Crippen molar-refractivity contribution in [2.45, 2.75) is 38.3 Å². The fourth-order valence-electron chi connectivity index (χ4n) is 3.42. The first-order chi connectivity index (χ1) is 11.8. The Balaban J connectivity index is 1.46. The molecule has 6 heteroatoms. The van der Waals surface area contributed by atoms with E-state index in [4.69, 9.17) is 0 Å². The van der Waals surface area contributed by atoms with Crippen molar-refractivity contribution in [3.8, 4) is 0 Å². The highest BCUT2D eigenvalue weighted by atomic mass is 32.1. The maximum Gasteiger partial charge on any atom is 0.228 e. The van der Waals surface area contributed by atoms with E-state index in [2.05, 4.69) is 37.3 Å². The molecule has 0 radical (unpaired) electrons. The second kappa shape index (κ2) is 6.89. The van der Waals surface area contributed by atoms with Crippen LogP contribution >= 0.6 is 11.3 Å². The van der Waals surface area contributed by atoms with Crippen LogP contribution in [0.25, 0.3) is 0 Å². The van der Waals surface area contributed by atoms with Gasteiger partial charge in [-0.3, -0.25) is 9.78 Å². The number of piperidine rings is 1. The summed E-state index contributed by atoms with van der Waals surface area (Å²) in [6.45, 7) is 2.48. The highest BCUT2D eigenvalue weighted by Crippen LogP contribution is 2.32. The second-order valence-corrected chi connectivity index (χ2v) is 7.66. The minimum absolute atomic E-state index is 0.0707. The number of aromatic nitrogens is 2. The Kier molecular flexibility index (Phi) is 4.47. The monoisotopic (exact) mass is 342 g/mol. The molecule has 2 aromatic heterocycles. The molecule has 2 aliphatic rings. The predicted molar refractivity (Wildman–Crippen MR) is 94.9 cm³/mol. The molecule has 0 N–H and O–H groups in total. The van der Waals surface area contributed by atoms with Crippen molar-refractivity contribution in [3.63, 3.8) is 0 Å². The average Bonchev–Trinajstić information content (AvgIpc) is 3.36. The Morgan fingerprint density at radius 1 is 1.33 bits per heavy atom. The molecule has 2 aromatic rings. The van der Waals surface area contributed by atoms with Gasteiger partial charge in [-0.15, -0.1) is 11.3 Å². The summed E-state index contributed by atoms with van der Waals surface area (Å²) >= 11 is 1.74. The third-order valence-corrected chi connectivity index (χ3v) is 5.68. The van der Waals surface area contributed by atoms with Crippen LogP contribution in [0.2, 0.25) is 0 Å². The van der Waals surface area contributed by atoms with Crippen molar-refractivity contribution < 1.29 is 4.79 Å². The van der Waals surface area contributed by atoms with Gasteiger partial charge in [0.2, 0.25) is 5.91 Å². The fourth-order valence-corrected chi connectivity index (χ4v) is 4.12. The third-order valence-electron chi connectivity index (χ3n) is 4.82. The summed E-state index contributed by atoms with van der Waals surface area (Å²) in [7, 11) is 0. The number of hydrogen-bond donors (Lipinski definition) is 0. The van der Waals surface area contributed by atoms with E-state index in [0.29, 0.717) is 11.9 Å². The van der Waals surface area contributed by atoms with Crippen molar-refractivity contribution in [2.24, 2.45) is 5.92 Å². The third kappa shape index (κ3) is 3.43. The standard InChI is InChI=1S/C18H22N4OS/c23-18(22(15-5-6-15)13-16-4-2-10-24-16)14-3-1-9-21(12-14)17-11-19-7-8-20-17/h2,4,7-8,10-11,14-15H,1,3,5-6,9,12-13H2/t14-/m0/s1. The summed E-state index contributed by atoms with van der Waals surface area (Å²) in [5, 5.41) is 2.08. The largest absolute Gasteiger partial charge is 0.355 e. The minimum Gasteiger partial charge on any atom is -0.355 e. The van der Waals surface area contributed by atoms with Crippen molar-refractivity contribution in [2.75, 3.05) is 18.0 Å². The van der Waals surface area contributed by atoms with Crippen molar-refractivity contribution in [3.05, 3.63) is 41.0 Å². The Hall–Kier alpha value is -1.95. The maximum absolute atomic E-state index is 13.2. The van der Waals surface area contributed by atoms with Crippen LogP contribution in [0.15, 0.2) is 36.1 Å². The first-order valence-corrected chi connectivity index (χ1v) is 9.53. The molecule has 1 aliphatic carbocycles. The molecular weight excluding hydrogens is 320 g/mol. The zero-order valence-corrected chi connectivity index (χ0v) is 14.5. The number of nitrogens with zero attached hydrogens (tertiary/aromatic N) is 4. The highest BCUT2D eigenvalue weighted by Gasteiger charge is 2.37. The second-order valence-electron chi connectivity index (χ2n) is 6.63. The summed E-state index contributed by atoms with van der Waals surface area (Å²) in [4.78, 5) is 27.3. The van der Waals surface area contributed by atoms with Gasteiger partial charge in [-0.25, -0.2) is 4.98 Å². The van der Waals surface area contributed by atoms with Gasteiger partial charge < -0.3 is 9.80 Å². The lowest BCUT2D eigenvalue weighted by atomic mass is 9.96. The molecule has 5 nitrogen and oxygen atoms in total. The molecule has 0 aromatic carbocycles. The lowest BCUT2D eigenvalue weighted by Crippen LogP contribution is -2.45. The summed E-state index contributed by atoms with van der Waals surface area (Å²) in [5.41, 5.74) is 0. The van der Waals surface area contributed by atoms with E-state index in [-0.39, 0.29) is 5.92 Å². The van der Waals surface area contributed by atoms with E-state index in [9.17, 15) is 4.79 Å². The van der Waals surface area contributed by atoms with Gasteiger partial charge in [-0.05, 0) is 37.1 Å². The first-order valence-electron chi connectivity index (χ1n) is 8.65. The van der Waals surface area contributed by atoms with Crippen LogP contribution < -0.4 is 4.90 Å². The van der Waals surface area contributed by atoms with E-state index in [1.54, 1.807) is 29.9 Å². The molecule has 3 heterocycles. The number of rotatable bonds is 5. The van der Waals surface area contributed by atoms with Crippen LogP contribution in [0.4, 0.5) is 5.82 Å². The van der Waals surface area contributed by atoms with Crippen molar-refractivity contribution in [1.82, 2.24) is 14.9 Å². The molecular formula is C18H22N4OS. The lowest BCUT2D eigenvalue weighted by molar-refractivity contribution is -0.137. The van der Waals surface area contributed by atoms with Gasteiger partial charge >= 0.3 is 0 Å². The van der Waals surface area contributed by atoms with Crippen molar-refractivity contribution in [1.29, 1.82) is 0 Å². The number of hydrogen-bond acceptors (Lipinski definition) is 5. The molecule has 24 heavy (non-hydrogen) atoms. The van der Waals surface area contributed by atoms with E-state index in [1.807, 2.05) is 0 Å². The van der Waals surface area contributed by atoms with E-state index in [0.717, 1.165) is 51.1 Å². The Bertz CT molecular complexity index is 672. The molecule has 1 amide bonds. The molecule has 1 saturated heterocycles. The Morgan fingerprint density at radius 2 is 2.25 bits per heavy atom. The van der Waals surface area contributed by atoms with Crippen LogP contribution in [0.3, 0.4) is 0 Å². The van der Waals surface area contributed by atoms with Crippen LogP contribution in [-0.2, 0) is 11.3 Å². The molecule has 1 aliphatic heterocycles. The molecule has 0 spiro atoms. The summed E-state index contributed by atoms with van der Waals surface area (Å²) in [6.07, 6.45) is 9.50. The quantitative estimate of drug-likeness (QED) is 0.838. The van der Waals surface area contributed by atoms with Gasteiger partial charge in [0, 0.05) is 36.4 Å². The molecule has 1 atom stereocenters. The molecule has 4 rings (SSSR count). The summed E-state index contributed by atoms with van der Waals surface area (Å²) in [6, 6.07) is 4.64. The first kappa shape index (κ1) is 15.6. The fraction of sp³-hybridized carbons (Fsp3) is 0.500. The van der Waals surface area contributed by atoms with E-state index < -0.39 is 0 Å². The smallest absolute Gasteiger partial charge is 0.228 e. The minimum atomic E-state index is 0.0707. The SMILES string of the molecule is O=C([C@H]1CCCN(c2cnccn2)C1)N(Cc1cccs1)C1CC1.